The third-order valence-electron chi connectivity index (χ3n) is 4.50. The Labute approximate surface area is 154 Å². The molecule has 1 saturated carbocycles. The average molecular weight is 372 g/mol. The molecule has 1 fully saturated rings. The van der Waals surface area contributed by atoms with Crippen LogP contribution in [0.5, 0.6) is 0 Å². The number of carbonyl (C=O) groups is 1. The standard InChI is InChI=1S/C20H24N2O3S/c1-3-19(15-9-7-14(2)8-10-15)21-20(23)16-5-4-6-18(13-16)26(24,25)22-17-11-12-17/h4-10,13,17,19,22H,3,11-12H2,1-2H3,(H,21,23)/t19-/m1/s1. The first-order valence-electron chi connectivity index (χ1n) is 8.89. The second-order valence-electron chi connectivity index (χ2n) is 6.77. The third kappa shape index (κ3) is 4.51. The zero-order valence-corrected chi connectivity index (χ0v) is 15.8. The van der Waals surface area contributed by atoms with Crippen molar-refractivity contribution < 1.29 is 13.2 Å². The minimum Gasteiger partial charge on any atom is -0.345 e. The van der Waals surface area contributed by atoms with Crippen LogP contribution in [0.15, 0.2) is 53.4 Å². The highest BCUT2D eigenvalue weighted by Gasteiger charge is 2.28. The molecule has 26 heavy (non-hydrogen) atoms. The van der Waals surface area contributed by atoms with Crippen LogP contribution in [0.4, 0.5) is 0 Å². The minimum atomic E-state index is -3.57. The molecule has 6 heteroatoms. The van der Waals surface area contributed by atoms with Crippen LogP contribution in [0.2, 0.25) is 0 Å². The van der Waals surface area contributed by atoms with Gasteiger partial charge in [-0.3, -0.25) is 4.79 Å². The summed E-state index contributed by atoms with van der Waals surface area (Å²) in [4.78, 5) is 12.8. The minimum absolute atomic E-state index is 0.0310. The van der Waals surface area contributed by atoms with E-state index in [0.29, 0.717) is 5.56 Å². The highest BCUT2D eigenvalue weighted by Crippen LogP contribution is 2.23. The van der Waals surface area contributed by atoms with Gasteiger partial charge in [-0.1, -0.05) is 42.8 Å². The number of sulfonamides is 1. The van der Waals surface area contributed by atoms with Gasteiger partial charge in [0.15, 0.2) is 0 Å². The topological polar surface area (TPSA) is 75.3 Å². The molecule has 1 amide bonds. The summed E-state index contributed by atoms with van der Waals surface area (Å²) in [5.41, 5.74) is 2.54. The largest absolute Gasteiger partial charge is 0.345 e. The first kappa shape index (κ1) is 18.6. The van der Waals surface area contributed by atoms with Gasteiger partial charge >= 0.3 is 0 Å². The van der Waals surface area contributed by atoms with Crippen LogP contribution >= 0.6 is 0 Å². The molecule has 0 radical (unpaired) electrons. The first-order valence-corrected chi connectivity index (χ1v) is 10.4. The summed E-state index contributed by atoms with van der Waals surface area (Å²) in [6.45, 7) is 4.02. The van der Waals surface area contributed by atoms with Gasteiger partial charge in [0.2, 0.25) is 10.0 Å². The van der Waals surface area contributed by atoms with E-state index in [1.165, 1.54) is 12.1 Å². The normalized spacial score (nSPS) is 15.5. The van der Waals surface area contributed by atoms with Gasteiger partial charge in [-0.05, 0) is 49.9 Å². The fourth-order valence-corrected chi connectivity index (χ4v) is 4.11. The van der Waals surface area contributed by atoms with Crippen molar-refractivity contribution in [1.29, 1.82) is 0 Å². The molecule has 138 valence electrons. The Balaban J connectivity index is 1.76. The zero-order chi connectivity index (χ0) is 18.7. The van der Waals surface area contributed by atoms with Crippen molar-refractivity contribution in [2.75, 3.05) is 0 Å². The second-order valence-corrected chi connectivity index (χ2v) is 8.48. The van der Waals surface area contributed by atoms with Crippen molar-refractivity contribution in [2.45, 2.75) is 50.1 Å². The van der Waals surface area contributed by atoms with E-state index in [-0.39, 0.29) is 22.9 Å². The van der Waals surface area contributed by atoms with E-state index in [2.05, 4.69) is 10.0 Å². The lowest BCUT2D eigenvalue weighted by molar-refractivity contribution is 0.0935. The van der Waals surface area contributed by atoms with Crippen molar-refractivity contribution in [1.82, 2.24) is 10.0 Å². The quantitative estimate of drug-likeness (QED) is 0.783. The molecule has 0 aromatic heterocycles. The van der Waals surface area contributed by atoms with Gasteiger partial charge < -0.3 is 5.32 Å². The summed E-state index contributed by atoms with van der Waals surface area (Å²) in [5, 5.41) is 3.00. The molecule has 5 nitrogen and oxygen atoms in total. The predicted octanol–water partition coefficient (Wildman–Crippen LogP) is 3.32. The number of hydrogen-bond donors (Lipinski definition) is 2. The number of amides is 1. The summed E-state index contributed by atoms with van der Waals surface area (Å²) in [5.74, 6) is -0.277. The fraction of sp³-hybridized carbons (Fsp3) is 0.350. The van der Waals surface area contributed by atoms with E-state index in [0.717, 1.165) is 30.4 Å². The summed E-state index contributed by atoms with van der Waals surface area (Å²) >= 11 is 0. The Morgan fingerprint density at radius 2 is 1.85 bits per heavy atom. The fourth-order valence-electron chi connectivity index (χ4n) is 2.75. The van der Waals surface area contributed by atoms with E-state index in [9.17, 15) is 13.2 Å². The van der Waals surface area contributed by atoms with Gasteiger partial charge in [-0.2, -0.15) is 0 Å². The van der Waals surface area contributed by atoms with Gasteiger partial charge in [-0.25, -0.2) is 13.1 Å². The Bertz CT molecular complexity index is 888. The van der Waals surface area contributed by atoms with Crippen molar-refractivity contribution >= 4 is 15.9 Å². The molecule has 1 atom stereocenters. The van der Waals surface area contributed by atoms with Crippen LogP contribution in [0.25, 0.3) is 0 Å². The second kappa shape index (κ2) is 7.60. The third-order valence-corrected chi connectivity index (χ3v) is 6.02. The number of benzene rings is 2. The summed E-state index contributed by atoms with van der Waals surface area (Å²) in [7, 11) is -3.57. The highest BCUT2D eigenvalue weighted by atomic mass is 32.2. The van der Waals surface area contributed by atoms with Crippen LogP contribution in [0.3, 0.4) is 0 Å². The molecule has 0 spiro atoms. The molecular formula is C20H24N2O3S. The molecule has 0 aliphatic heterocycles. The van der Waals surface area contributed by atoms with Gasteiger partial charge in [0.05, 0.1) is 10.9 Å². The molecule has 1 aliphatic carbocycles. The number of nitrogens with one attached hydrogen (secondary N) is 2. The molecule has 0 heterocycles. The molecule has 0 unspecified atom stereocenters. The average Bonchev–Trinajstić information content (AvgIpc) is 3.44. The van der Waals surface area contributed by atoms with Crippen LogP contribution in [0.1, 0.15) is 53.7 Å². The van der Waals surface area contributed by atoms with Crippen LogP contribution in [-0.4, -0.2) is 20.4 Å². The summed E-state index contributed by atoms with van der Waals surface area (Å²) in [6, 6.07) is 14.1. The Hall–Kier alpha value is -2.18. The van der Waals surface area contributed by atoms with E-state index in [4.69, 9.17) is 0 Å². The number of rotatable bonds is 7. The molecule has 2 aromatic rings. The number of hydrogen-bond acceptors (Lipinski definition) is 3. The lowest BCUT2D eigenvalue weighted by atomic mass is 10.0. The predicted molar refractivity (Wildman–Crippen MR) is 101 cm³/mol. The summed E-state index contributed by atoms with van der Waals surface area (Å²) in [6.07, 6.45) is 2.48. The first-order chi connectivity index (χ1) is 12.4. The molecule has 2 N–H and O–H groups in total. The Kier molecular flexibility index (Phi) is 5.44. The zero-order valence-electron chi connectivity index (χ0n) is 15.0. The lowest BCUT2D eigenvalue weighted by Crippen LogP contribution is -2.29. The molecule has 0 bridgehead atoms. The van der Waals surface area contributed by atoms with E-state index in [1.807, 2.05) is 38.1 Å². The summed E-state index contributed by atoms with van der Waals surface area (Å²) < 4.78 is 27.3. The smallest absolute Gasteiger partial charge is 0.251 e. The van der Waals surface area contributed by atoms with Crippen LogP contribution < -0.4 is 10.0 Å². The van der Waals surface area contributed by atoms with E-state index < -0.39 is 10.0 Å². The van der Waals surface area contributed by atoms with Crippen LogP contribution in [-0.2, 0) is 10.0 Å². The van der Waals surface area contributed by atoms with Crippen molar-refractivity contribution in [3.63, 3.8) is 0 Å². The van der Waals surface area contributed by atoms with Gasteiger partial charge in [0.25, 0.3) is 5.91 Å². The maximum absolute atomic E-state index is 12.6. The van der Waals surface area contributed by atoms with Crippen molar-refractivity contribution in [2.24, 2.45) is 0 Å². The van der Waals surface area contributed by atoms with Crippen LogP contribution in [0, 0.1) is 6.92 Å². The van der Waals surface area contributed by atoms with Gasteiger partial charge in [0, 0.05) is 11.6 Å². The monoisotopic (exact) mass is 372 g/mol. The maximum Gasteiger partial charge on any atom is 0.251 e. The molecule has 0 saturated heterocycles. The number of aryl methyl sites for hydroxylation is 1. The molecule has 2 aromatic carbocycles. The maximum atomic E-state index is 12.6. The molecular weight excluding hydrogens is 348 g/mol. The Morgan fingerprint density at radius 1 is 1.15 bits per heavy atom. The van der Waals surface area contributed by atoms with Gasteiger partial charge in [-0.15, -0.1) is 0 Å². The van der Waals surface area contributed by atoms with E-state index in [1.54, 1.807) is 12.1 Å². The lowest BCUT2D eigenvalue weighted by Gasteiger charge is -2.18. The Morgan fingerprint density at radius 3 is 2.46 bits per heavy atom. The van der Waals surface area contributed by atoms with Crippen molar-refractivity contribution in [3.05, 3.63) is 65.2 Å². The highest BCUT2D eigenvalue weighted by molar-refractivity contribution is 7.89. The van der Waals surface area contributed by atoms with Gasteiger partial charge in [0.1, 0.15) is 0 Å². The van der Waals surface area contributed by atoms with Crippen molar-refractivity contribution in [3.8, 4) is 0 Å². The molecule has 1 aliphatic rings. The number of carbonyl (C=O) groups excluding carboxylic acids is 1. The van der Waals surface area contributed by atoms with E-state index >= 15 is 0 Å². The molecule has 3 rings (SSSR count). The SMILES string of the molecule is CC[C@@H](NC(=O)c1cccc(S(=O)(=O)NC2CC2)c1)c1ccc(C)cc1.